The quantitative estimate of drug-likeness (QED) is 0.574. The van der Waals surface area contributed by atoms with Gasteiger partial charge >= 0.3 is 0 Å². The van der Waals surface area contributed by atoms with E-state index in [0.717, 1.165) is 12.8 Å². The van der Waals surface area contributed by atoms with Gasteiger partial charge in [0.05, 0.1) is 17.9 Å². The average molecular weight is 300 g/mol. The van der Waals surface area contributed by atoms with Crippen molar-refractivity contribution in [1.82, 2.24) is 14.1 Å². The van der Waals surface area contributed by atoms with Crippen LogP contribution in [-0.2, 0) is 16.6 Å². The summed E-state index contributed by atoms with van der Waals surface area (Å²) in [6.07, 6.45) is 3.34. The van der Waals surface area contributed by atoms with E-state index in [1.807, 2.05) is 0 Å². The third kappa shape index (κ3) is 3.47. The van der Waals surface area contributed by atoms with Gasteiger partial charge < -0.3 is 5.73 Å². The molecule has 0 fully saturated rings. The number of aromatic nitrogens is 2. The minimum atomic E-state index is -3.50. The molecule has 1 rings (SSSR count). The highest BCUT2D eigenvalue weighted by Gasteiger charge is 2.28. The van der Waals surface area contributed by atoms with E-state index in [1.54, 1.807) is 31.7 Å². The summed E-state index contributed by atoms with van der Waals surface area (Å²) < 4.78 is 28.2. The van der Waals surface area contributed by atoms with Crippen LogP contribution in [0, 0.1) is 13.8 Å². The summed E-state index contributed by atoms with van der Waals surface area (Å²) in [5.74, 6) is 0. The van der Waals surface area contributed by atoms with Gasteiger partial charge in [0.15, 0.2) is 0 Å². The van der Waals surface area contributed by atoms with Gasteiger partial charge in [0.2, 0.25) is 10.0 Å². The number of nitrogens with zero attached hydrogens (tertiary/aromatic N) is 3. The topological polar surface area (TPSA) is 81.2 Å². The second-order valence-electron chi connectivity index (χ2n) is 4.77. The van der Waals surface area contributed by atoms with E-state index in [0.29, 0.717) is 35.9 Å². The molecule has 0 spiro atoms. The number of unbranched alkanes of at least 4 members (excludes halogenated alkanes) is 1. The molecule has 0 aromatic carbocycles. The fourth-order valence-corrected chi connectivity index (χ4v) is 3.70. The Bertz CT molecular complexity index is 563. The van der Waals surface area contributed by atoms with Crippen molar-refractivity contribution in [2.24, 2.45) is 5.73 Å². The number of nitrogens with two attached hydrogens (primary N) is 1. The number of rotatable bonds is 8. The van der Waals surface area contributed by atoms with Gasteiger partial charge in [-0.2, -0.15) is 5.10 Å². The second kappa shape index (κ2) is 7.01. The monoisotopic (exact) mass is 300 g/mol. The van der Waals surface area contributed by atoms with Gasteiger partial charge in [-0.15, -0.1) is 6.58 Å². The molecule has 2 N–H and O–H groups in total. The van der Waals surface area contributed by atoms with Crippen LogP contribution in [0.4, 0.5) is 0 Å². The molecule has 7 heteroatoms. The molecule has 0 amide bonds. The lowest BCUT2D eigenvalue weighted by Gasteiger charge is -2.17. The smallest absolute Gasteiger partial charge is 0.246 e. The predicted molar refractivity (Wildman–Crippen MR) is 80.0 cm³/mol. The zero-order valence-corrected chi connectivity index (χ0v) is 13.3. The minimum Gasteiger partial charge on any atom is -0.329 e. The number of aryl methyl sites for hydroxylation is 1. The molecule has 20 heavy (non-hydrogen) atoms. The van der Waals surface area contributed by atoms with Crippen LogP contribution in [0.25, 0.3) is 0 Å². The molecule has 0 unspecified atom stereocenters. The maximum atomic E-state index is 12.6. The van der Waals surface area contributed by atoms with Crippen LogP contribution in [0.5, 0.6) is 0 Å². The normalized spacial score (nSPS) is 12.1. The first-order valence-electron chi connectivity index (χ1n) is 6.67. The number of allylic oxidation sites excluding steroid dienone is 1. The minimum absolute atomic E-state index is 0.298. The van der Waals surface area contributed by atoms with Crippen molar-refractivity contribution in [2.45, 2.75) is 38.1 Å². The zero-order chi connectivity index (χ0) is 15.3. The van der Waals surface area contributed by atoms with E-state index >= 15 is 0 Å². The lowest BCUT2D eigenvalue weighted by Crippen LogP contribution is -2.28. The summed E-state index contributed by atoms with van der Waals surface area (Å²) in [6.45, 7) is 8.52. The van der Waals surface area contributed by atoms with E-state index in [9.17, 15) is 8.42 Å². The van der Waals surface area contributed by atoms with Crippen molar-refractivity contribution in [2.75, 3.05) is 20.1 Å². The molecule has 0 aliphatic heterocycles. The summed E-state index contributed by atoms with van der Waals surface area (Å²) in [5.41, 5.74) is 6.67. The maximum absolute atomic E-state index is 12.6. The van der Waals surface area contributed by atoms with Crippen molar-refractivity contribution in [3.8, 4) is 0 Å². The third-order valence-electron chi connectivity index (χ3n) is 3.21. The van der Waals surface area contributed by atoms with Crippen LogP contribution in [0.3, 0.4) is 0 Å². The van der Waals surface area contributed by atoms with E-state index in [4.69, 9.17) is 5.73 Å². The van der Waals surface area contributed by atoms with Crippen LogP contribution in [0.2, 0.25) is 0 Å². The summed E-state index contributed by atoms with van der Waals surface area (Å²) in [6, 6.07) is 0. The molecule has 114 valence electrons. The molecule has 0 saturated heterocycles. The van der Waals surface area contributed by atoms with Gasteiger partial charge in [0.1, 0.15) is 4.90 Å². The highest BCUT2D eigenvalue weighted by molar-refractivity contribution is 7.89. The first-order valence-corrected chi connectivity index (χ1v) is 8.11. The molecule has 0 aliphatic rings. The first kappa shape index (κ1) is 16.9. The average Bonchev–Trinajstić information content (AvgIpc) is 2.65. The fraction of sp³-hybridized carbons (Fsp3) is 0.615. The van der Waals surface area contributed by atoms with Gasteiger partial charge in [0, 0.05) is 20.1 Å². The Morgan fingerprint density at radius 2 is 2.10 bits per heavy atom. The van der Waals surface area contributed by atoms with E-state index in [1.165, 1.54) is 4.31 Å². The summed E-state index contributed by atoms with van der Waals surface area (Å²) >= 11 is 0. The van der Waals surface area contributed by atoms with Crippen LogP contribution in [0.1, 0.15) is 24.2 Å². The van der Waals surface area contributed by atoms with E-state index in [-0.39, 0.29) is 0 Å². The second-order valence-corrected chi connectivity index (χ2v) is 6.75. The van der Waals surface area contributed by atoms with Crippen LogP contribution >= 0.6 is 0 Å². The predicted octanol–water partition coefficient (Wildman–Crippen LogP) is 1.05. The number of hydrogen-bond donors (Lipinski definition) is 1. The largest absolute Gasteiger partial charge is 0.329 e. The van der Waals surface area contributed by atoms with Crippen molar-refractivity contribution in [3.05, 3.63) is 24.0 Å². The molecule has 0 radical (unpaired) electrons. The zero-order valence-electron chi connectivity index (χ0n) is 12.5. The molecular weight excluding hydrogens is 276 g/mol. The van der Waals surface area contributed by atoms with Gasteiger partial charge in [-0.05, 0) is 26.7 Å². The fourth-order valence-electron chi connectivity index (χ4n) is 2.13. The Hall–Kier alpha value is -1.18. The van der Waals surface area contributed by atoms with Gasteiger partial charge in [-0.3, -0.25) is 4.68 Å². The van der Waals surface area contributed by atoms with Gasteiger partial charge in [-0.1, -0.05) is 6.08 Å². The number of hydrogen-bond acceptors (Lipinski definition) is 4. The van der Waals surface area contributed by atoms with Crippen LogP contribution in [0.15, 0.2) is 17.6 Å². The van der Waals surface area contributed by atoms with Crippen molar-refractivity contribution in [3.63, 3.8) is 0 Å². The number of sulfonamides is 1. The Morgan fingerprint density at radius 3 is 2.65 bits per heavy atom. The Kier molecular flexibility index (Phi) is 5.91. The van der Waals surface area contributed by atoms with Gasteiger partial charge in [0.25, 0.3) is 0 Å². The Balaban J connectivity index is 3.06. The summed E-state index contributed by atoms with van der Waals surface area (Å²) in [7, 11) is -1.91. The summed E-state index contributed by atoms with van der Waals surface area (Å²) in [5, 5.41) is 4.26. The lowest BCUT2D eigenvalue weighted by atomic mass is 10.3. The standard InChI is InChI=1S/C13H24N4O2S/c1-5-6-7-9-16(4)20(18,19)13-11(2)15-17(10-8-14)12(13)3/h5H,1,6-10,14H2,2-4H3. The highest BCUT2D eigenvalue weighted by Crippen LogP contribution is 2.22. The molecule has 0 aliphatic carbocycles. The Morgan fingerprint density at radius 1 is 1.45 bits per heavy atom. The first-order chi connectivity index (χ1) is 9.36. The molecule has 0 atom stereocenters. The molecule has 0 bridgehead atoms. The van der Waals surface area contributed by atoms with E-state index < -0.39 is 10.0 Å². The van der Waals surface area contributed by atoms with Gasteiger partial charge in [-0.25, -0.2) is 12.7 Å². The van der Waals surface area contributed by atoms with Crippen molar-refractivity contribution < 1.29 is 8.42 Å². The molecule has 1 aromatic heterocycles. The lowest BCUT2D eigenvalue weighted by molar-refractivity contribution is 0.461. The Labute approximate surface area is 121 Å². The molecule has 6 nitrogen and oxygen atoms in total. The molecule has 1 aromatic rings. The molecule has 1 heterocycles. The van der Waals surface area contributed by atoms with Crippen molar-refractivity contribution >= 4 is 10.0 Å². The summed E-state index contributed by atoms with van der Waals surface area (Å²) in [4.78, 5) is 0.298. The van der Waals surface area contributed by atoms with Crippen LogP contribution in [-0.4, -0.2) is 42.6 Å². The SMILES string of the molecule is C=CCCCN(C)S(=O)(=O)c1c(C)nn(CCN)c1C. The van der Waals surface area contributed by atoms with Crippen molar-refractivity contribution in [1.29, 1.82) is 0 Å². The molecule has 0 saturated carbocycles. The molecular formula is C13H24N4O2S. The van der Waals surface area contributed by atoms with E-state index in [2.05, 4.69) is 11.7 Å². The van der Waals surface area contributed by atoms with Crippen LogP contribution < -0.4 is 5.73 Å². The maximum Gasteiger partial charge on any atom is 0.246 e. The highest BCUT2D eigenvalue weighted by atomic mass is 32.2. The third-order valence-corrected chi connectivity index (χ3v) is 5.32.